The summed E-state index contributed by atoms with van der Waals surface area (Å²) in [4.78, 5) is 25.5. The van der Waals surface area contributed by atoms with Gasteiger partial charge in [-0.2, -0.15) is 0 Å². The number of carbonyl (C=O) groups excluding carboxylic acids is 2. The molecule has 2 amide bonds. The highest BCUT2D eigenvalue weighted by Crippen LogP contribution is 2.20. The summed E-state index contributed by atoms with van der Waals surface area (Å²) in [7, 11) is 0. The number of nitrogens with one attached hydrogen (secondary N) is 2. The molecule has 2 N–H and O–H groups in total. The molecule has 0 saturated carbocycles. The molecular formula is C22H35N3O2. The van der Waals surface area contributed by atoms with Crippen molar-refractivity contribution in [2.75, 3.05) is 13.1 Å². The zero-order valence-electron chi connectivity index (χ0n) is 16.9. The molecule has 0 unspecified atom stereocenters. The van der Waals surface area contributed by atoms with Gasteiger partial charge in [-0.3, -0.25) is 14.5 Å². The van der Waals surface area contributed by atoms with E-state index in [2.05, 4.69) is 40.7 Å². The molecule has 0 aromatic heterocycles. The monoisotopic (exact) mass is 373 g/mol. The summed E-state index contributed by atoms with van der Waals surface area (Å²) in [6, 6.07) is 9.08. The summed E-state index contributed by atoms with van der Waals surface area (Å²) < 4.78 is 0. The van der Waals surface area contributed by atoms with Gasteiger partial charge in [0, 0.05) is 39.0 Å². The molecule has 0 spiro atoms. The second-order valence-corrected chi connectivity index (χ2v) is 7.65. The lowest BCUT2D eigenvalue weighted by atomic mass is 10.0. The number of hydrogen-bond acceptors (Lipinski definition) is 3. The van der Waals surface area contributed by atoms with Crippen molar-refractivity contribution >= 4 is 11.8 Å². The molecule has 1 atom stereocenters. The first-order valence-corrected chi connectivity index (χ1v) is 10.4. The molecule has 1 saturated heterocycles. The normalized spacial score (nSPS) is 17.5. The minimum Gasteiger partial charge on any atom is -0.356 e. The summed E-state index contributed by atoms with van der Waals surface area (Å²) in [5, 5.41) is 5.85. The van der Waals surface area contributed by atoms with Crippen molar-refractivity contribution in [3.63, 3.8) is 0 Å². The summed E-state index contributed by atoms with van der Waals surface area (Å²) in [5.41, 5.74) is 2.54. The largest absolute Gasteiger partial charge is 0.356 e. The molecule has 27 heavy (non-hydrogen) atoms. The van der Waals surface area contributed by atoms with Crippen molar-refractivity contribution in [1.29, 1.82) is 0 Å². The maximum atomic E-state index is 12.1. The molecule has 0 radical (unpaired) electrons. The molecule has 1 aromatic rings. The maximum Gasteiger partial charge on any atom is 0.220 e. The summed E-state index contributed by atoms with van der Waals surface area (Å²) in [5.74, 6) is 0.112. The Balaban J connectivity index is 1.72. The molecule has 1 aliphatic heterocycles. The molecule has 1 aromatic carbocycles. The van der Waals surface area contributed by atoms with Gasteiger partial charge in [0.15, 0.2) is 0 Å². The number of unbranched alkanes of at least 4 members (excludes halogenated alkanes) is 2. The second kappa shape index (κ2) is 11.8. The highest BCUT2D eigenvalue weighted by Gasteiger charge is 2.19. The van der Waals surface area contributed by atoms with Gasteiger partial charge in [0.1, 0.15) is 0 Å². The maximum absolute atomic E-state index is 12.1. The van der Waals surface area contributed by atoms with E-state index in [1.807, 2.05) is 6.07 Å². The molecular weight excluding hydrogens is 338 g/mol. The Morgan fingerprint density at radius 2 is 1.85 bits per heavy atom. The van der Waals surface area contributed by atoms with E-state index in [0.717, 1.165) is 25.8 Å². The molecule has 5 heteroatoms. The van der Waals surface area contributed by atoms with Crippen LogP contribution in [-0.2, 0) is 22.7 Å². The first-order valence-electron chi connectivity index (χ1n) is 10.4. The van der Waals surface area contributed by atoms with Crippen LogP contribution in [0.2, 0.25) is 0 Å². The highest BCUT2D eigenvalue weighted by atomic mass is 16.2. The van der Waals surface area contributed by atoms with E-state index in [9.17, 15) is 9.59 Å². The average Bonchev–Trinajstić information content (AvgIpc) is 2.65. The van der Waals surface area contributed by atoms with Gasteiger partial charge in [0.05, 0.1) is 0 Å². The zero-order valence-corrected chi connectivity index (χ0v) is 16.9. The predicted molar refractivity (Wildman–Crippen MR) is 109 cm³/mol. The third-order valence-electron chi connectivity index (χ3n) is 5.36. The fourth-order valence-corrected chi connectivity index (χ4v) is 3.63. The molecule has 1 fully saturated rings. The van der Waals surface area contributed by atoms with Gasteiger partial charge in [0.25, 0.3) is 0 Å². The Labute approximate surface area is 163 Å². The number of rotatable bonds is 10. The van der Waals surface area contributed by atoms with Crippen LogP contribution in [0.25, 0.3) is 0 Å². The van der Waals surface area contributed by atoms with Crippen molar-refractivity contribution in [2.45, 2.75) is 77.9 Å². The van der Waals surface area contributed by atoms with Crippen LogP contribution >= 0.6 is 0 Å². The van der Waals surface area contributed by atoms with Gasteiger partial charge in [-0.05, 0) is 50.3 Å². The third kappa shape index (κ3) is 8.12. The number of hydrogen-bond donors (Lipinski definition) is 2. The number of amides is 2. The van der Waals surface area contributed by atoms with Crippen LogP contribution < -0.4 is 10.6 Å². The van der Waals surface area contributed by atoms with E-state index >= 15 is 0 Å². The Kier molecular flexibility index (Phi) is 9.32. The van der Waals surface area contributed by atoms with Gasteiger partial charge < -0.3 is 10.6 Å². The van der Waals surface area contributed by atoms with Crippen LogP contribution in [0.3, 0.4) is 0 Å². The highest BCUT2D eigenvalue weighted by molar-refractivity contribution is 5.75. The van der Waals surface area contributed by atoms with Crippen molar-refractivity contribution in [3.8, 4) is 0 Å². The molecule has 2 rings (SSSR count). The first-order chi connectivity index (χ1) is 13.1. The molecule has 1 aliphatic rings. The summed E-state index contributed by atoms with van der Waals surface area (Å²) in [6.07, 6.45) is 7.18. The first kappa shape index (κ1) is 21.4. The lowest BCUT2D eigenvalue weighted by Crippen LogP contribution is -2.37. The standard InChI is InChI=1S/C22H35N3O2/c1-18-10-7-9-15-25(18)17-21-12-6-5-11-20(21)16-24-22(27)13-4-3-8-14-23-19(2)26/h5-6,11-12,18H,3-4,7-10,13-17H2,1-2H3,(H,23,26)(H,24,27)/t18-/m0/s1. The number of benzene rings is 1. The van der Waals surface area contributed by atoms with Gasteiger partial charge in [-0.1, -0.05) is 37.1 Å². The Morgan fingerprint density at radius 3 is 2.59 bits per heavy atom. The van der Waals surface area contributed by atoms with Crippen LogP contribution in [-0.4, -0.2) is 35.8 Å². The number of carbonyl (C=O) groups is 2. The smallest absolute Gasteiger partial charge is 0.220 e. The van der Waals surface area contributed by atoms with E-state index in [0.29, 0.717) is 25.6 Å². The van der Waals surface area contributed by atoms with E-state index in [-0.39, 0.29) is 11.8 Å². The Hall–Kier alpha value is -1.88. The van der Waals surface area contributed by atoms with E-state index in [4.69, 9.17) is 0 Å². The second-order valence-electron chi connectivity index (χ2n) is 7.65. The molecule has 5 nitrogen and oxygen atoms in total. The lowest BCUT2D eigenvalue weighted by molar-refractivity contribution is -0.121. The van der Waals surface area contributed by atoms with Gasteiger partial charge in [-0.25, -0.2) is 0 Å². The SMILES string of the molecule is CC(=O)NCCCCCC(=O)NCc1ccccc1CN1CCCC[C@@H]1C. The van der Waals surface area contributed by atoms with Crippen LogP contribution in [0, 0.1) is 0 Å². The Morgan fingerprint density at radius 1 is 1.07 bits per heavy atom. The summed E-state index contributed by atoms with van der Waals surface area (Å²) in [6.45, 7) is 7.27. The molecule has 1 heterocycles. The molecule has 0 aliphatic carbocycles. The van der Waals surface area contributed by atoms with E-state index in [1.54, 1.807) is 0 Å². The van der Waals surface area contributed by atoms with Gasteiger partial charge in [0.2, 0.25) is 11.8 Å². The molecule has 0 bridgehead atoms. The van der Waals surface area contributed by atoms with Crippen LogP contribution in [0.1, 0.15) is 69.9 Å². The number of nitrogens with zero attached hydrogens (tertiary/aromatic N) is 1. The minimum atomic E-state index is 0.00496. The summed E-state index contributed by atoms with van der Waals surface area (Å²) >= 11 is 0. The van der Waals surface area contributed by atoms with Crippen molar-refractivity contribution < 1.29 is 9.59 Å². The Bertz CT molecular complexity index is 603. The number of piperidine rings is 1. The average molecular weight is 374 g/mol. The van der Waals surface area contributed by atoms with Crippen molar-refractivity contribution in [2.24, 2.45) is 0 Å². The van der Waals surface area contributed by atoms with Gasteiger partial charge in [-0.15, -0.1) is 0 Å². The zero-order chi connectivity index (χ0) is 19.5. The number of likely N-dealkylation sites (tertiary alicyclic amines) is 1. The van der Waals surface area contributed by atoms with Crippen LogP contribution in [0.4, 0.5) is 0 Å². The fourth-order valence-electron chi connectivity index (χ4n) is 3.63. The fraction of sp³-hybridized carbons (Fsp3) is 0.636. The molecule has 150 valence electrons. The van der Waals surface area contributed by atoms with Crippen LogP contribution in [0.5, 0.6) is 0 Å². The van der Waals surface area contributed by atoms with Gasteiger partial charge >= 0.3 is 0 Å². The van der Waals surface area contributed by atoms with E-state index in [1.165, 1.54) is 43.9 Å². The van der Waals surface area contributed by atoms with Crippen molar-refractivity contribution in [1.82, 2.24) is 15.5 Å². The lowest BCUT2D eigenvalue weighted by Gasteiger charge is -2.33. The topological polar surface area (TPSA) is 61.4 Å². The van der Waals surface area contributed by atoms with Crippen molar-refractivity contribution in [3.05, 3.63) is 35.4 Å². The third-order valence-corrected chi connectivity index (χ3v) is 5.36. The minimum absolute atomic E-state index is 0.00496. The van der Waals surface area contributed by atoms with Crippen LogP contribution in [0.15, 0.2) is 24.3 Å². The van der Waals surface area contributed by atoms with E-state index < -0.39 is 0 Å². The quantitative estimate of drug-likeness (QED) is 0.618. The predicted octanol–water partition coefficient (Wildman–Crippen LogP) is 3.37.